The van der Waals surface area contributed by atoms with Gasteiger partial charge in [0.1, 0.15) is 11.5 Å². The van der Waals surface area contributed by atoms with Crippen LogP contribution in [0.5, 0.6) is 5.75 Å². The summed E-state index contributed by atoms with van der Waals surface area (Å²) in [5, 5.41) is 6.68. The highest BCUT2D eigenvalue weighted by Gasteiger charge is 2.00. The number of hydrogen-bond acceptors (Lipinski definition) is 5. The van der Waals surface area contributed by atoms with Crippen molar-refractivity contribution in [3.63, 3.8) is 0 Å². The smallest absolute Gasteiger partial charge is 0.191 e. The van der Waals surface area contributed by atoms with Gasteiger partial charge in [0.25, 0.3) is 0 Å². The predicted molar refractivity (Wildman–Crippen MR) is 127 cm³/mol. The number of rotatable bonds is 12. The summed E-state index contributed by atoms with van der Waals surface area (Å²) in [7, 11) is 1.66. The van der Waals surface area contributed by atoms with Crippen molar-refractivity contribution in [2.24, 2.45) is 4.99 Å². The number of benzene rings is 1. The lowest BCUT2D eigenvalue weighted by Crippen LogP contribution is -2.39. The minimum Gasteiger partial charge on any atom is -0.497 e. The second-order valence-corrected chi connectivity index (χ2v) is 6.79. The molecule has 0 fully saturated rings. The maximum atomic E-state index is 5.71. The van der Waals surface area contributed by atoms with Gasteiger partial charge in [-0.25, -0.2) is 0 Å². The molecule has 0 unspecified atom stereocenters. The average Bonchev–Trinajstić information content (AvgIpc) is 3.21. The van der Waals surface area contributed by atoms with Gasteiger partial charge in [0, 0.05) is 25.3 Å². The molecule has 0 amide bonds. The van der Waals surface area contributed by atoms with E-state index in [4.69, 9.17) is 13.9 Å². The highest BCUT2D eigenvalue weighted by atomic mass is 127. The van der Waals surface area contributed by atoms with Gasteiger partial charge in [0.05, 0.1) is 33.1 Å². The van der Waals surface area contributed by atoms with E-state index >= 15 is 0 Å². The standard InChI is InChI=1S/C20H29N3O3S.HI/c1-24-18-7-5-17(6-8-18)16-25-14-11-22-20(23-12-15-27-2)21-10-9-19-4-3-13-26-19;/h3-8,13H,9-12,14-16H2,1-2H3,(H2,21,22,23);1H. The molecule has 0 aliphatic heterocycles. The van der Waals surface area contributed by atoms with E-state index in [0.717, 1.165) is 48.3 Å². The Bertz CT molecular complexity index is 651. The number of aliphatic imine (C=N–C) groups is 1. The van der Waals surface area contributed by atoms with Crippen LogP contribution in [0.2, 0.25) is 0 Å². The quantitative estimate of drug-likeness (QED) is 0.194. The third kappa shape index (κ3) is 10.2. The van der Waals surface area contributed by atoms with E-state index in [1.807, 2.05) is 36.4 Å². The maximum absolute atomic E-state index is 5.71. The van der Waals surface area contributed by atoms with Crippen molar-refractivity contribution >= 4 is 41.7 Å². The molecule has 2 N–H and O–H groups in total. The molecule has 2 rings (SSSR count). The molecule has 0 radical (unpaired) electrons. The number of halogens is 1. The minimum atomic E-state index is 0. The summed E-state index contributed by atoms with van der Waals surface area (Å²) >= 11 is 1.80. The highest BCUT2D eigenvalue weighted by molar-refractivity contribution is 14.0. The summed E-state index contributed by atoms with van der Waals surface area (Å²) in [4.78, 5) is 4.58. The van der Waals surface area contributed by atoms with Gasteiger partial charge in [-0.15, -0.1) is 24.0 Å². The zero-order valence-electron chi connectivity index (χ0n) is 16.5. The number of thioether (sulfide) groups is 1. The van der Waals surface area contributed by atoms with E-state index in [-0.39, 0.29) is 24.0 Å². The third-order valence-corrected chi connectivity index (χ3v) is 4.39. The Kier molecular flexibility index (Phi) is 13.7. The lowest BCUT2D eigenvalue weighted by molar-refractivity contribution is 0.128. The second kappa shape index (κ2) is 15.5. The Hall–Kier alpha value is -1.39. The summed E-state index contributed by atoms with van der Waals surface area (Å²) in [5.41, 5.74) is 1.12. The molecule has 1 aromatic heterocycles. The Morgan fingerprint density at radius 1 is 1.14 bits per heavy atom. The molecule has 2 aromatic rings. The van der Waals surface area contributed by atoms with Gasteiger partial charge in [0.2, 0.25) is 0 Å². The summed E-state index contributed by atoms with van der Waals surface area (Å²) in [5.74, 6) is 3.66. The Balaban J connectivity index is 0.00000392. The summed E-state index contributed by atoms with van der Waals surface area (Å²) in [6, 6.07) is 11.8. The molecule has 6 nitrogen and oxygen atoms in total. The first-order valence-corrected chi connectivity index (χ1v) is 10.5. The van der Waals surface area contributed by atoms with Crippen molar-refractivity contribution in [3.05, 3.63) is 54.0 Å². The highest BCUT2D eigenvalue weighted by Crippen LogP contribution is 2.11. The summed E-state index contributed by atoms with van der Waals surface area (Å²) in [6.45, 7) is 3.39. The molecule has 0 saturated carbocycles. The molecule has 28 heavy (non-hydrogen) atoms. The van der Waals surface area contributed by atoms with Crippen LogP contribution < -0.4 is 15.4 Å². The molecule has 0 saturated heterocycles. The van der Waals surface area contributed by atoms with Crippen LogP contribution in [0.1, 0.15) is 11.3 Å². The molecule has 1 aromatic carbocycles. The van der Waals surface area contributed by atoms with E-state index in [9.17, 15) is 0 Å². The lowest BCUT2D eigenvalue weighted by Gasteiger charge is -2.12. The van der Waals surface area contributed by atoms with Crippen LogP contribution >= 0.6 is 35.7 Å². The Morgan fingerprint density at radius 3 is 2.61 bits per heavy atom. The Morgan fingerprint density at radius 2 is 1.93 bits per heavy atom. The van der Waals surface area contributed by atoms with Crippen molar-refractivity contribution in [2.75, 3.05) is 45.4 Å². The van der Waals surface area contributed by atoms with Crippen LogP contribution in [0.15, 0.2) is 52.1 Å². The fourth-order valence-corrected chi connectivity index (χ4v) is 2.64. The van der Waals surface area contributed by atoms with Gasteiger partial charge in [-0.05, 0) is 36.1 Å². The lowest BCUT2D eigenvalue weighted by atomic mass is 10.2. The molecular weight excluding hydrogens is 489 g/mol. The molecule has 0 bridgehead atoms. The van der Waals surface area contributed by atoms with Gasteiger partial charge in [-0.2, -0.15) is 11.8 Å². The average molecular weight is 519 g/mol. The number of guanidine groups is 1. The zero-order valence-corrected chi connectivity index (χ0v) is 19.6. The van der Waals surface area contributed by atoms with E-state index in [1.54, 1.807) is 25.1 Å². The minimum absolute atomic E-state index is 0. The number of furan rings is 1. The molecule has 0 aliphatic carbocycles. The van der Waals surface area contributed by atoms with Crippen LogP contribution in [-0.2, 0) is 17.8 Å². The van der Waals surface area contributed by atoms with E-state index in [0.29, 0.717) is 19.8 Å². The van der Waals surface area contributed by atoms with Gasteiger partial charge in [-0.3, -0.25) is 4.99 Å². The van der Waals surface area contributed by atoms with Crippen LogP contribution in [0, 0.1) is 0 Å². The van der Waals surface area contributed by atoms with Gasteiger partial charge in [0.15, 0.2) is 5.96 Å². The first-order valence-electron chi connectivity index (χ1n) is 9.06. The van der Waals surface area contributed by atoms with Crippen LogP contribution in [0.3, 0.4) is 0 Å². The van der Waals surface area contributed by atoms with E-state index < -0.39 is 0 Å². The molecule has 0 aliphatic rings. The fraction of sp³-hybridized carbons (Fsp3) is 0.450. The third-order valence-electron chi connectivity index (χ3n) is 3.78. The molecule has 0 atom stereocenters. The molecule has 1 heterocycles. The molecular formula is C20H30IN3O3S. The number of methoxy groups -OCH3 is 1. The number of nitrogens with zero attached hydrogens (tertiary/aromatic N) is 1. The maximum Gasteiger partial charge on any atom is 0.191 e. The Labute approximate surface area is 188 Å². The van der Waals surface area contributed by atoms with E-state index in [1.165, 1.54) is 0 Å². The normalized spacial score (nSPS) is 11.0. The van der Waals surface area contributed by atoms with Crippen molar-refractivity contribution in [3.8, 4) is 5.75 Å². The first kappa shape index (κ1) is 24.6. The largest absolute Gasteiger partial charge is 0.497 e. The van der Waals surface area contributed by atoms with Gasteiger partial charge in [-0.1, -0.05) is 12.1 Å². The SMILES string of the molecule is COc1ccc(COCCN=C(NCCSC)NCCc2ccco2)cc1.I. The number of hydrogen-bond donors (Lipinski definition) is 2. The fourth-order valence-electron chi connectivity index (χ4n) is 2.34. The topological polar surface area (TPSA) is 68.0 Å². The summed E-state index contributed by atoms with van der Waals surface area (Å²) in [6.07, 6.45) is 4.61. The zero-order chi connectivity index (χ0) is 19.2. The predicted octanol–water partition coefficient (Wildman–Crippen LogP) is 3.56. The van der Waals surface area contributed by atoms with Crippen LogP contribution in [0.25, 0.3) is 0 Å². The first-order chi connectivity index (χ1) is 13.3. The summed E-state index contributed by atoms with van der Waals surface area (Å²) < 4.78 is 16.2. The molecule has 156 valence electrons. The van der Waals surface area contributed by atoms with E-state index in [2.05, 4.69) is 21.9 Å². The molecule has 8 heteroatoms. The van der Waals surface area contributed by atoms with Crippen molar-refractivity contribution in [2.45, 2.75) is 13.0 Å². The van der Waals surface area contributed by atoms with Gasteiger partial charge < -0.3 is 24.5 Å². The van der Waals surface area contributed by atoms with Crippen molar-refractivity contribution < 1.29 is 13.9 Å². The monoisotopic (exact) mass is 519 g/mol. The number of ether oxygens (including phenoxy) is 2. The van der Waals surface area contributed by atoms with Crippen molar-refractivity contribution in [1.82, 2.24) is 10.6 Å². The van der Waals surface area contributed by atoms with Crippen molar-refractivity contribution in [1.29, 1.82) is 0 Å². The second-order valence-electron chi connectivity index (χ2n) is 5.81. The van der Waals surface area contributed by atoms with Gasteiger partial charge >= 0.3 is 0 Å². The number of nitrogens with one attached hydrogen (secondary N) is 2. The molecule has 0 spiro atoms. The van der Waals surface area contributed by atoms with Crippen LogP contribution in [0.4, 0.5) is 0 Å². The van der Waals surface area contributed by atoms with Crippen LogP contribution in [-0.4, -0.2) is 51.3 Å².